The lowest BCUT2D eigenvalue weighted by atomic mass is 9.84. The molecule has 2 heterocycles. The minimum absolute atomic E-state index is 0.0145. The van der Waals surface area contributed by atoms with E-state index >= 15 is 60.7 Å². The molecule has 11 nitrogen and oxygen atoms in total. The summed E-state index contributed by atoms with van der Waals surface area (Å²) in [5, 5.41) is 3.06. The van der Waals surface area contributed by atoms with Gasteiger partial charge in [-0.2, -0.15) is 8.42 Å². The Morgan fingerprint density at radius 2 is 0.530 bits per heavy atom. The van der Waals surface area contributed by atoms with Crippen molar-refractivity contribution >= 4 is 78.5 Å². The molecule has 16 rings (SSSR count). The third-order valence-electron chi connectivity index (χ3n) is 21.1. The van der Waals surface area contributed by atoms with Crippen molar-refractivity contribution in [1.82, 2.24) is 4.49 Å². The van der Waals surface area contributed by atoms with E-state index in [1.54, 1.807) is 218 Å². The van der Waals surface area contributed by atoms with Crippen LogP contribution in [0.2, 0.25) is 0 Å². The number of benzene rings is 14. The number of fused-ring (bicyclic) bond motifs is 14. The second-order valence-electron chi connectivity index (χ2n) is 33.1. The molecule has 2 aliphatic rings. The van der Waals surface area contributed by atoms with E-state index in [-0.39, 0.29) is 66.8 Å². The lowest BCUT2D eigenvalue weighted by Gasteiger charge is -2.29. The van der Waals surface area contributed by atoms with Crippen LogP contribution in [0.25, 0.3) is 110 Å². The monoisotopic (exact) mass is 1660 g/mol. The predicted molar refractivity (Wildman–Crippen MR) is 442 cm³/mol. The van der Waals surface area contributed by atoms with Gasteiger partial charge in [-0.3, -0.25) is 0 Å². The Hall–Kier alpha value is -11.1. The summed E-state index contributed by atoms with van der Waals surface area (Å²) in [6.07, 6.45) is 0. The number of halogens is 10. The number of hydrogen-bond donors (Lipinski definition) is 1. The highest BCUT2D eigenvalue weighted by Crippen LogP contribution is 2.73. The molecule has 1 N–H and O–H groups in total. The van der Waals surface area contributed by atoms with Gasteiger partial charge >= 0.3 is 15.3 Å². The largest absolute Gasteiger partial charge is 0.465 e. The summed E-state index contributed by atoms with van der Waals surface area (Å²) in [6.45, 7) is 23.5. The molecule has 14 aromatic carbocycles. The van der Waals surface area contributed by atoms with Gasteiger partial charge in [-0.25, -0.2) is 52.3 Å². The molecule has 14 aromatic rings. The van der Waals surface area contributed by atoms with Crippen molar-refractivity contribution in [1.29, 1.82) is 0 Å². The molecule has 0 aliphatic carbocycles. The second kappa shape index (κ2) is 28.4. The van der Waals surface area contributed by atoms with Crippen molar-refractivity contribution in [2.45, 2.75) is 115 Å². The van der Waals surface area contributed by atoms with Gasteiger partial charge in [0, 0.05) is 44.5 Å². The summed E-state index contributed by atoms with van der Waals surface area (Å²) in [6, 6.07) is 61.8. The quantitative estimate of drug-likeness (QED) is 0.0617. The van der Waals surface area contributed by atoms with Crippen LogP contribution in [0.5, 0.6) is 23.0 Å². The molecule has 596 valence electrons. The van der Waals surface area contributed by atoms with Gasteiger partial charge in [0.15, 0.2) is 56.3 Å². The van der Waals surface area contributed by atoms with Crippen molar-refractivity contribution in [3.63, 3.8) is 0 Å². The van der Waals surface area contributed by atoms with Crippen molar-refractivity contribution in [2.75, 3.05) is 0 Å². The lowest BCUT2D eigenvalue weighted by molar-refractivity contribution is 0.357. The Morgan fingerprint density at radius 3 is 0.786 bits per heavy atom. The number of nitrogens with one attached hydrogen (secondary N) is 1. The van der Waals surface area contributed by atoms with E-state index in [2.05, 4.69) is 8.64 Å². The van der Waals surface area contributed by atoms with E-state index < -0.39 is 148 Å². The topological polar surface area (TPSA) is 142 Å². The number of nitrogens with zero attached hydrogens (tertiary/aromatic N) is 2. The van der Waals surface area contributed by atoms with E-state index in [1.165, 1.54) is 0 Å². The van der Waals surface area contributed by atoms with Gasteiger partial charge in [0.25, 0.3) is 20.0 Å². The summed E-state index contributed by atoms with van der Waals surface area (Å²) >= 11 is 0. The zero-order chi connectivity index (χ0) is 83.5. The van der Waals surface area contributed by atoms with E-state index in [0.717, 1.165) is 22.3 Å². The molecule has 0 unspecified atom stereocenters. The highest BCUT2D eigenvalue weighted by Gasteiger charge is 2.51. The van der Waals surface area contributed by atoms with Crippen molar-refractivity contribution in [3.8, 4) is 89.8 Å². The number of hydrogen-bond acceptors (Lipinski definition) is 8. The molecule has 0 atom stereocenters. The zero-order valence-electron chi connectivity index (χ0n) is 64.9. The van der Waals surface area contributed by atoms with Crippen LogP contribution in [0.3, 0.4) is 0 Å². The summed E-state index contributed by atoms with van der Waals surface area (Å²) in [7, 11) is -26.8. The Kier molecular flexibility index (Phi) is 19.3. The van der Waals surface area contributed by atoms with E-state index in [4.69, 9.17) is 22.6 Å². The molecule has 25 heteroatoms. The molecular weight excluding hydrogens is 1590 g/mol. The molecule has 0 bridgehead atoms. The molecule has 0 radical (unpaired) electrons. The Bertz CT molecular complexity index is 6580. The average molecular weight is 1660 g/mol. The fraction of sp³-hybridized carbons (Fsp3) is 0.174. The molecule has 0 aromatic heterocycles. The Labute approximate surface area is 669 Å². The first-order valence-corrected chi connectivity index (χ1v) is 43.2. The minimum Gasteiger partial charge on any atom is -0.417 e. The van der Waals surface area contributed by atoms with Crippen LogP contribution in [0.15, 0.2) is 237 Å². The van der Waals surface area contributed by atoms with Crippen LogP contribution in [0.1, 0.15) is 105 Å². The standard InChI is InChI=1S/C92H73F10N3O8P2S2/c1-89(2,3)57-37-29-49(30-38-57)65-45-53-21-13-17-25-61(53)69-70-62-26-18-14-22-54(62)46-66(50-31-39-58(40-32-50)90(4,5)6)84(70)111-114(110-83(65)69,104-116(106,107)87-79(99)75(95)73(93)76(96)80(87)100)103-115(105-117(108,109)88-81(101)77(97)74(94)78(98)82(88)102)112-85-67(51-33-41-59(42-34-51)91(7,8)9)47-55-23-15-19-27-63(55)71(85)72-64-28-20-16-24-56(64)48-68(86(72)113-115)52-35-43-60(44-36-52)92(10,11)12/h13-48,104H,1-12H3. The fourth-order valence-electron chi connectivity index (χ4n) is 15.0. The van der Waals surface area contributed by atoms with Crippen molar-refractivity contribution < 1.29 is 78.8 Å². The maximum atomic E-state index is 17.3. The Balaban J connectivity index is 1.19. The van der Waals surface area contributed by atoms with Gasteiger partial charge < -0.3 is 18.1 Å². The van der Waals surface area contributed by atoms with Gasteiger partial charge in [-0.15, -0.1) is 9.01 Å². The second-order valence-corrected chi connectivity index (χ2v) is 40.7. The van der Waals surface area contributed by atoms with Gasteiger partial charge in [0.2, 0.25) is 11.6 Å². The minimum atomic E-state index is -6.87. The summed E-state index contributed by atoms with van der Waals surface area (Å²) in [5.41, 5.74) is 2.51. The van der Waals surface area contributed by atoms with Crippen LogP contribution in [0.4, 0.5) is 43.9 Å². The third kappa shape index (κ3) is 13.9. The molecule has 0 spiro atoms. The average Bonchev–Trinajstić information content (AvgIpc) is 1.58. The highest BCUT2D eigenvalue weighted by molar-refractivity contribution is 7.96. The van der Waals surface area contributed by atoms with Gasteiger partial charge in [0.05, 0.1) is 0 Å². The Morgan fingerprint density at radius 1 is 0.299 bits per heavy atom. The molecule has 117 heavy (non-hydrogen) atoms. The van der Waals surface area contributed by atoms with Crippen molar-refractivity contribution in [3.05, 3.63) is 299 Å². The zero-order valence-corrected chi connectivity index (χ0v) is 68.4. The molecule has 2 aliphatic heterocycles. The lowest BCUT2D eigenvalue weighted by Crippen LogP contribution is -2.29. The van der Waals surface area contributed by atoms with Gasteiger partial charge in [-0.05, 0) is 134 Å². The van der Waals surface area contributed by atoms with Crippen LogP contribution in [0, 0.1) is 58.2 Å². The number of sulfonamides is 2. The predicted octanol–water partition coefficient (Wildman–Crippen LogP) is 27.4. The highest BCUT2D eigenvalue weighted by atomic mass is 32.2. The first kappa shape index (κ1) is 79.8. The normalized spacial score (nSPS) is 14.1. The summed E-state index contributed by atoms with van der Waals surface area (Å²) < 4.78 is 273. The first-order chi connectivity index (χ1) is 55.1. The summed E-state index contributed by atoms with van der Waals surface area (Å²) in [4.78, 5) is -5.19. The van der Waals surface area contributed by atoms with Crippen LogP contribution < -0.4 is 22.6 Å². The molecule has 0 saturated carbocycles. The van der Waals surface area contributed by atoms with E-state index in [9.17, 15) is 0 Å². The van der Waals surface area contributed by atoms with Gasteiger partial charge in [-0.1, -0.05) is 281 Å². The first-order valence-electron chi connectivity index (χ1n) is 37.1. The van der Waals surface area contributed by atoms with E-state index in [0.29, 0.717) is 43.1 Å². The van der Waals surface area contributed by atoms with Crippen LogP contribution >= 0.6 is 15.3 Å². The molecule has 0 fully saturated rings. The van der Waals surface area contributed by atoms with Crippen molar-refractivity contribution in [2.24, 2.45) is 8.67 Å². The van der Waals surface area contributed by atoms with Crippen LogP contribution in [-0.4, -0.2) is 16.8 Å². The molecule has 0 amide bonds. The summed E-state index contributed by atoms with van der Waals surface area (Å²) in [5.74, 6) is -30.4. The van der Waals surface area contributed by atoms with E-state index in [1.807, 2.05) is 83.1 Å². The SMILES string of the molecule is CC(C)(C)c1ccc(-c2cc3ccccc3c3c2OP(=NS(=O)(=O)c2c(F)c(F)c(F)c(F)c2F)(N=P2(NS(=O)(=O)c4c(F)c(F)c(F)c(F)c4F)Oc4c(-c5ccc(C(C)(C)C)cc5)cc5ccccc5c4-c4c(c(-c5ccc(C(C)(C)C)cc5)cc5ccccc45)O2)Oc2c(-c4ccc(C(C)(C)C)cc4)cc4ccccc4c2-3)cc1. The molecule has 0 saturated heterocycles. The maximum absolute atomic E-state index is 17.3. The third-order valence-corrected chi connectivity index (χ3v) is 30.0. The fourth-order valence-corrected chi connectivity index (χ4v) is 24.3. The maximum Gasteiger partial charge on any atom is 0.465 e. The smallest absolute Gasteiger partial charge is 0.417 e. The number of rotatable bonds is 10. The van der Waals surface area contributed by atoms with Gasteiger partial charge in [0.1, 0.15) is 23.0 Å². The molecular formula is C92H73F10N3O8P2S2. The van der Waals surface area contributed by atoms with Crippen LogP contribution in [-0.2, 0) is 41.7 Å².